The number of esters is 1. The normalized spacial score (nSPS) is 17.7. The van der Waals surface area contributed by atoms with Gasteiger partial charge in [-0.2, -0.15) is 0 Å². The molecule has 0 bridgehead atoms. The first-order valence-electron chi connectivity index (χ1n) is 5.65. The van der Waals surface area contributed by atoms with E-state index in [1.807, 2.05) is 12.1 Å². The summed E-state index contributed by atoms with van der Waals surface area (Å²) in [6.07, 6.45) is 1.92. The van der Waals surface area contributed by atoms with E-state index >= 15 is 0 Å². The van der Waals surface area contributed by atoms with Gasteiger partial charge in [0.1, 0.15) is 5.75 Å². The summed E-state index contributed by atoms with van der Waals surface area (Å²) >= 11 is 0. The van der Waals surface area contributed by atoms with Gasteiger partial charge in [-0.15, -0.1) is 0 Å². The smallest absolute Gasteiger partial charge is 0.309 e. The van der Waals surface area contributed by atoms with E-state index in [2.05, 4.69) is 0 Å². The second kappa shape index (κ2) is 4.75. The summed E-state index contributed by atoms with van der Waals surface area (Å²) in [6, 6.07) is 3.94. The zero-order valence-electron chi connectivity index (χ0n) is 10.2. The SMILES string of the molecule is COC(=O)Cc1ccc(OC)c2c1CC(N)C2. The molecule has 0 radical (unpaired) electrons. The zero-order chi connectivity index (χ0) is 12.4. The van der Waals surface area contributed by atoms with Gasteiger partial charge in [-0.3, -0.25) is 4.79 Å². The third-order valence-electron chi connectivity index (χ3n) is 3.20. The van der Waals surface area contributed by atoms with Gasteiger partial charge in [-0.25, -0.2) is 0 Å². The highest BCUT2D eigenvalue weighted by atomic mass is 16.5. The van der Waals surface area contributed by atoms with Crippen LogP contribution in [0, 0.1) is 0 Å². The summed E-state index contributed by atoms with van der Waals surface area (Å²) in [7, 11) is 3.05. The fourth-order valence-corrected chi connectivity index (χ4v) is 2.38. The molecule has 17 heavy (non-hydrogen) atoms. The molecule has 0 saturated carbocycles. The minimum atomic E-state index is -0.224. The topological polar surface area (TPSA) is 61.5 Å². The number of carbonyl (C=O) groups is 1. The monoisotopic (exact) mass is 235 g/mol. The van der Waals surface area contributed by atoms with Crippen molar-refractivity contribution in [1.82, 2.24) is 0 Å². The number of hydrogen-bond donors (Lipinski definition) is 1. The Hall–Kier alpha value is -1.55. The maximum Gasteiger partial charge on any atom is 0.309 e. The van der Waals surface area contributed by atoms with Gasteiger partial charge in [0.2, 0.25) is 0 Å². The summed E-state index contributed by atoms with van der Waals surface area (Å²) in [5, 5.41) is 0. The molecule has 4 nitrogen and oxygen atoms in total. The Morgan fingerprint density at radius 1 is 1.35 bits per heavy atom. The lowest BCUT2D eigenvalue weighted by molar-refractivity contribution is -0.139. The van der Waals surface area contributed by atoms with E-state index in [-0.39, 0.29) is 12.0 Å². The third kappa shape index (κ3) is 2.26. The van der Waals surface area contributed by atoms with E-state index in [9.17, 15) is 4.79 Å². The molecule has 0 amide bonds. The molecule has 1 atom stereocenters. The quantitative estimate of drug-likeness (QED) is 0.788. The molecule has 2 rings (SSSR count). The van der Waals surface area contributed by atoms with E-state index in [4.69, 9.17) is 15.2 Å². The Morgan fingerprint density at radius 3 is 2.71 bits per heavy atom. The molecule has 0 saturated heterocycles. The van der Waals surface area contributed by atoms with Gasteiger partial charge in [-0.1, -0.05) is 6.07 Å². The van der Waals surface area contributed by atoms with E-state index in [1.165, 1.54) is 7.11 Å². The maximum absolute atomic E-state index is 11.3. The Bertz CT molecular complexity index is 443. The molecule has 92 valence electrons. The molecule has 1 aliphatic rings. The highest BCUT2D eigenvalue weighted by molar-refractivity contribution is 5.73. The molecule has 0 fully saturated rings. The van der Waals surface area contributed by atoms with Crippen LogP contribution >= 0.6 is 0 Å². The third-order valence-corrected chi connectivity index (χ3v) is 3.20. The lowest BCUT2D eigenvalue weighted by Gasteiger charge is -2.11. The number of hydrogen-bond acceptors (Lipinski definition) is 4. The first-order valence-corrected chi connectivity index (χ1v) is 5.65. The van der Waals surface area contributed by atoms with E-state index in [0.717, 1.165) is 35.3 Å². The Morgan fingerprint density at radius 2 is 2.06 bits per heavy atom. The van der Waals surface area contributed by atoms with Crippen LogP contribution in [0.15, 0.2) is 12.1 Å². The second-order valence-corrected chi connectivity index (χ2v) is 4.31. The fraction of sp³-hybridized carbons (Fsp3) is 0.462. The molecule has 1 aromatic carbocycles. The molecule has 0 heterocycles. The predicted molar refractivity (Wildman–Crippen MR) is 64.1 cm³/mol. The number of carbonyl (C=O) groups excluding carboxylic acids is 1. The number of ether oxygens (including phenoxy) is 2. The first-order chi connectivity index (χ1) is 8.15. The summed E-state index contributed by atoms with van der Waals surface area (Å²) in [5.74, 6) is 0.638. The van der Waals surface area contributed by atoms with Crippen LogP contribution in [0.1, 0.15) is 16.7 Å². The van der Waals surface area contributed by atoms with Crippen molar-refractivity contribution in [3.8, 4) is 5.75 Å². The summed E-state index contributed by atoms with van der Waals surface area (Å²) in [5.41, 5.74) is 9.26. The standard InChI is InChI=1S/C13H17NO3/c1-16-12-4-3-8(5-13(15)17-2)10-6-9(14)7-11(10)12/h3-4,9H,5-7,14H2,1-2H3. The van der Waals surface area contributed by atoms with Gasteiger partial charge in [0, 0.05) is 6.04 Å². The van der Waals surface area contributed by atoms with Gasteiger partial charge in [-0.05, 0) is 35.6 Å². The van der Waals surface area contributed by atoms with Gasteiger partial charge >= 0.3 is 5.97 Å². The fourth-order valence-electron chi connectivity index (χ4n) is 2.38. The average Bonchev–Trinajstić information content (AvgIpc) is 2.71. The van der Waals surface area contributed by atoms with Crippen LogP contribution in [0.25, 0.3) is 0 Å². The highest BCUT2D eigenvalue weighted by Gasteiger charge is 2.25. The molecule has 1 aromatic rings. The lowest BCUT2D eigenvalue weighted by Crippen LogP contribution is -2.19. The molecule has 1 unspecified atom stereocenters. The number of benzene rings is 1. The van der Waals surface area contributed by atoms with Crippen LogP contribution in [0.4, 0.5) is 0 Å². The van der Waals surface area contributed by atoms with E-state index in [0.29, 0.717) is 6.42 Å². The van der Waals surface area contributed by atoms with Gasteiger partial charge in [0.25, 0.3) is 0 Å². The zero-order valence-corrected chi connectivity index (χ0v) is 10.2. The number of nitrogens with two attached hydrogens (primary N) is 1. The Kier molecular flexibility index (Phi) is 3.33. The van der Waals surface area contributed by atoms with Crippen molar-refractivity contribution in [2.75, 3.05) is 14.2 Å². The lowest BCUT2D eigenvalue weighted by atomic mass is 10.00. The van der Waals surface area contributed by atoms with Crippen LogP contribution in [0.2, 0.25) is 0 Å². The molecule has 0 aliphatic heterocycles. The molecule has 0 aromatic heterocycles. The van der Waals surface area contributed by atoms with Crippen LogP contribution in [0.5, 0.6) is 5.75 Å². The minimum absolute atomic E-state index is 0.123. The van der Waals surface area contributed by atoms with Crippen molar-refractivity contribution in [3.63, 3.8) is 0 Å². The van der Waals surface area contributed by atoms with Crippen LogP contribution in [0.3, 0.4) is 0 Å². The van der Waals surface area contributed by atoms with Gasteiger partial charge in [0.05, 0.1) is 20.6 Å². The predicted octanol–water partition coefficient (Wildman–Crippen LogP) is 0.837. The first kappa shape index (κ1) is 11.9. The second-order valence-electron chi connectivity index (χ2n) is 4.31. The molecule has 4 heteroatoms. The van der Waals surface area contributed by atoms with Crippen molar-refractivity contribution in [3.05, 3.63) is 28.8 Å². The maximum atomic E-state index is 11.3. The van der Waals surface area contributed by atoms with Crippen LogP contribution in [-0.4, -0.2) is 26.2 Å². The van der Waals surface area contributed by atoms with Crippen molar-refractivity contribution >= 4 is 5.97 Å². The van der Waals surface area contributed by atoms with E-state index < -0.39 is 0 Å². The molecule has 0 spiro atoms. The summed E-state index contributed by atoms with van der Waals surface area (Å²) in [4.78, 5) is 11.3. The molecule has 2 N–H and O–H groups in total. The van der Waals surface area contributed by atoms with Crippen molar-refractivity contribution in [2.45, 2.75) is 25.3 Å². The van der Waals surface area contributed by atoms with Crippen molar-refractivity contribution < 1.29 is 14.3 Å². The molecular weight excluding hydrogens is 218 g/mol. The molecular formula is C13H17NO3. The van der Waals surface area contributed by atoms with Crippen LogP contribution in [-0.2, 0) is 28.8 Å². The molecule has 1 aliphatic carbocycles. The van der Waals surface area contributed by atoms with Gasteiger partial charge < -0.3 is 15.2 Å². The van der Waals surface area contributed by atoms with Crippen molar-refractivity contribution in [2.24, 2.45) is 5.73 Å². The average molecular weight is 235 g/mol. The van der Waals surface area contributed by atoms with E-state index in [1.54, 1.807) is 7.11 Å². The highest BCUT2D eigenvalue weighted by Crippen LogP contribution is 2.33. The summed E-state index contributed by atoms with van der Waals surface area (Å²) in [6.45, 7) is 0. The van der Waals surface area contributed by atoms with Crippen LogP contribution < -0.4 is 10.5 Å². The van der Waals surface area contributed by atoms with Crippen molar-refractivity contribution in [1.29, 1.82) is 0 Å². The summed E-state index contributed by atoms with van der Waals surface area (Å²) < 4.78 is 10.0. The number of methoxy groups -OCH3 is 2. The Labute approximate surface area is 101 Å². The largest absolute Gasteiger partial charge is 0.496 e. The minimum Gasteiger partial charge on any atom is -0.496 e. The Balaban J connectivity index is 2.36. The number of fused-ring (bicyclic) bond motifs is 1. The number of rotatable bonds is 3. The van der Waals surface area contributed by atoms with Gasteiger partial charge in [0.15, 0.2) is 0 Å².